The number of carbonyl (C=O) groups is 2. The summed E-state index contributed by atoms with van der Waals surface area (Å²) in [5, 5.41) is 12.4. The maximum atomic E-state index is 12.8. The molecule has 0 aromatic rings. The first-order chi connectivity index (χ1) is 10.0. The summed E-state index contributed by atoms with van der Waals surface area (Å²) in [6.07, 6.45) is 2.81. The van der Waals surface area contributed by atoms with Gasteiger partial charge < -0.3 is 10.4 Å². The molecule has 130 valence electrons. The molecular weight excluding hydrogens is 278 g/mol. The zero-order chi connectivity index (χ0) is 17.6. The summed E-state index contributed by atoms with van der Waals surface area (Å²) in [4.78, 5) is 24.3. The van der Waals surface area contributed by atoms with Crippen molar-refractivity contribution in [3.05, 3.63) is 0 Å². The van der Waals surface area contributed by atoms with Crippen LogP contribution in [0.1, 0.15) is 74.1 Å². The number of hydrogen-bond donors (Lipinski definition) is 2. The highest BCUT2D eigenvalue weighted by atomic mass is 16.3. The molecule has 0 heterocycles. The van der Waals surface area contributed by atoms with Gasteiger partial charge in [0, 0.05) is 18.6 Å². The minimum atomic E-state index is -0.523. The maximum absolute atomic E-state index is 12.8. The molecule has 2 atom stereocenters. The van der Waals surface area contributed by atoms with Gasteiger partial charge in [0.25, 0.3) is 0 Å². The van der Waals surface area contributed by atoms with Crippen molar-refractivity contribution < 1.29 is 14.7 Å². The van der Waals surface area contributed by atoms with Crippen molar-refractivity contribution in [1.82, 2.24) is 5.32 Å². The molecule has 0 fully saturated rings. The predicted octanol–water partition coefficient (Wildman–Crippen LogP) is 3.32. The first kappa shape index (κ1) is 21.1. The minimum Gasteiger partial charge on any atom is -0.396 e. The summed E-state index contributed by atoms with van der Waals surface area (Å²) >= 11 is 0. The molecule has 0 saturated heterocycles. The third-order valence-corrected chi connectivity index (χ3v) is 5.97. The molecule has 0 aliphatic heterocycles. The molecule has 1 amide bonds. The lowest BCUT2D eigenvalue weighted by atomic mass is 9.60. The summed E-state index contributed by atoms with van der Waals surface area (Å²) in [5.41, 5.74) is -1.17. The lowest BCUT2D eigenvalue weighted by molar-refractivity contribution is -0.139. The van der Waals surface area contributed by atoms with Crippen molar-refractivity contribution in [2.24, 2.45) is 16.2 Å². The fourth-order valence-corrected chi connectivity index (χ4v) is 2.81. The zero-order valence-corrected chi connectivity index (χ0v) is 15.5. The van der Waals surface area contributed by atoms with E-state index in [0.717, 1.165) is 12.8 Å². The molecule has 0 aromatic heterocycles. The summed E-state index contributed by atoms with van der Waals surface area (Å²) < 4.78 is 0. The normalized spacial score (nSPS) is 17.5. The second-order valence-corrected chi connectivity index (χ2v) is 7.52. The summed E-state index contributed by atoms with van der Waals surface area (Å²) in [6, 6.07) is 0. The predicted molar refractivity (Wildman–Crippen MR) is 90.6 cm³/mol. The van der Waals surface area contributed by atoms with Crippen LogP contribution in [0.3, 0.4) is 0 Å². The van der Waals surface area contributed by atoms with Gasteiger partial charge in [0.15, 0.2) is 0 Å². The highest BCUT2D eigenvalue weighted by Gasteiger charge is 2.47. The number of hydrogen-bond acceptors (Lipinski definition) is 3. The number of rotatable bonds is 10. The number of carbonyl (C=O) groups excluding carboxylic acids is 2. The fraction of sp³-hybridized carbons (Fsp3) is 0.889. The fourth-order valence-electron chi connectivity index (χ4n) is 2.81. The Balaban J connectivity index is 4.95. The number of aliphatic hydroxyl groups excluding tert-OH is 1. The molecule has 2 N–H and O–H groups in total. The van der Waals surface area contributed by atoms with E-state index in [1.54, 1.807) is 6.92 Å². The lowest BCUT2D eigenvalue weighted by Crippen LogP contribution is -2.50. The van der Waals surface area contributed by atoms with Gasteiger partial charge in [0.2, 0.25) is 5.91 Å². The molecule has 0 aliphatic rings. The van der Waals surface area contributed by atoms with Crippen LogP contribution in [0, 0.1) is 16.2 Å². The van der Waals surface area contributed by atoms with Crippen LogP contribution in [0.15, 0.2) is 0 Å². The van der Waals surface area contributed by atoms with Gasteiger partial charge in [-0.25, -0.2) is 0 Å². The van der Waals surface area contributed by atoms with Gasteiger partial charge in [-0.15, -0.1) is 0 Å². The van der Waals surface area contributed by atoms with Gasteiger partial charge >= 0.3 is 0 Å². The van der Waals surface area contributed by atoms with Gasteiger partial charge in [0.05, 0.1) is 5.41 Å². The Morgan fingerprint density at radius 2 is 1.55 bits per heavy atom. The Labute approximate surface area is 136 Å². The topological polar surface area (TPSA) is 66.4 Å². The zero-order valence-electron chi connectivity index (χ0n) is 15.5. The Bertz CT molecular complexity index is 392. The number of aliphatic hydroxyl groups is 1. The van der Waals surface area contributed by atoms with Crippen LogP contribution < -0.4 is 5.32 Å². The molecule has 0 spiro atoms. The SMILES string of the molecule is CCC(C)(CCO)C(C)(CC)C(=O)NCCC(C)(C)C(C)=O. The third-order valence-electron chi connectivity index (χ3n) is 5.97. The highest BCUT2D eigenvalue weighted by molar-refractivity contribution is 5.83. The van der Waals surface area contributed by atoms with E-state index in [0.29, 0.717) is 19.4 Å². The second-order valence-electron chi connectivity index (χ2n) is 7.52. The molecule has 0 aliphatic carbocycles. The highest BCUT2D eigenvalue weighted by Crippen LogP contribution is 2.47. The van der Waals surface area contributed by atoms with Crippen LogP contribution in [0.2, 0.25) is 0 Å². The Morgan fingerprint density at radius 1 is 1.00 bits per heavy atom. The van der Waals surface area contributed by atoms with Crippen molar-refractivity contribution in [2.45, 2.75) is 74.1 Å². The lowest BCUT2D eigenvalue weighted by Gasteiger charge is -2.44. The summed E-state index contributed by atoms with van der Waals surface area (Å²) in [5.74, 6) is 0.158. The number of Topliss-reactive ketones (excluding diaryl/α,β-unsaturated/α-hetero) is 1. The van der Waals surface area contributed by atoms with Gasteiger partial charge in [-0.3, -0.25) is 9.59 Å². The van der Waals surface area contributed by atoms with Gasteiger partial charge in [0.1, 0.15) is 5.78 Å². The van der Waals surface area contributed by atoms with E-state index >= 15 is 0 Å². The van der Waals surface area contributed by atoms with Crippen LogP contribution in [0.25, 0.3) is 0 Å². The molecule has 0 bridgehead atoms. The van der Waals surface area contributed by atoms with Crippen molar-refractivity contribution in [1.29, 1.82) is 0 Å². The molecule has 4 nitrogen and oxygen atoms in total. The van der Waals surface area contributed by atoms with E-state index in [2.05, 4.69) is 19.2 Å². The van der Waals surface area contributed by atoms with Crippen molar-refractivity contribution in [3.63, 3.8) is 0 Å². The average molecular weight is 313 g/mol. The van der Waals surface area contributed by atoms with Crippen LogP contribution in [0.4, 0.5) is 0 Å². The third kappa shape index (κ3) is 4.55. The van der Waals surface area contributed by atoms with E-state index in [9.17, 15) is 14.7 Å². The largest absolute Gasteiger partial charge is 0.396 e. The molecule has 4 heteroatoms. The summed E-state index contributed by atoms with van der Waals surface area (Å²) in [6.45, 7) is 14.1. The van der Waals surface area contributed by atoms with E-state index in [-0.39, 0.29) is 23.7 Å². The molecule has 0 radical (unpaired) electrons. The van der Waals surface area contributed by atoms with Crippen molar-refractivity contribution in [3.8, 4) is 0 Å². The number of ketones is 1. The second kappa shape index (κ2) is 8.09. The Hall–Kier alpha value is -0.900. The molecule has 0 aromatic carbocycles. The van der Waals surface area contributed by atoms with Gasteiger partial charge in [-0.1, -0.05) is 41.5 Å². The molecular formula is C18H35NO3. The number of amides is 1. The van der Waals surface area contributed by atoms with E-state index in [4.69, 9.17) is 0 Å². The van der Waals surface area contributed by atoms with Crippen LogP contribution in [-0.4, -0.2) is 29.9 Å². The minimum absolute atomic E-state index is 0.0205. The van der Waals surface area contributed by atoms with E-state index in [1.165, 1.54) is 0 Å². The first-order valence-corrected chi connectivity index (χ1v) is 8.41. The number of nitrogens with one attached hydrogen (secondary N) is 1. The van der Waals surface area contributed by atoms with Gasteiger partial charge in [-0.05, 0) is 38.0 Å². The van der Waals surface area contributed by atoms with Crippen LogP contribution in [-0.2, 0) is 9.59 Å². The van der Waals surface area contributed by atoms with Crippen molar-refractivity contribution >= 4 is 11.7 Å². The molecule has 0 rings (SSSR count). The maximum Gasteiger partial charge on any atom is 0.226 e. The monoisotopic (exact) mass is 313 g/mol. The smallest absolute Gasteiger partial charge is 0.226 e. The van der Waals surface area contributed by atoms with E-state index < -0.39 is 10.8 Å². The first-order valence-electron chi connectivity index (χ1n) is 8.41. The quantitative estimate of drug-likeness (QED) is 0.650. The standard InChI is InChI=1S/C18H35NO3/c1-8-17(6,11-13-20)18(7,9-2)15(22)19-12-10-16(4,5)14(3)21/h20H,8-13H2,1-7H3,(H,19,22). The molecule has 2 unspecified atom stereocenters. The Morgan fingerprint density at radius 3 is 1.91 bits per heavy atom. The molecule has 0 saturated carbocycles. The average Bonchev–Trinajstić information content (AvgIpc) is 2.45. The van der Waals surface area contributed by atoms with Crippen LogP contribution in [0.5, 0.6) is 0 Å². The summed E-state index contributed by atoms with van der Waals surface area (Å²) in [7, 11) is 0. The Kier molecular flexibility index (Phi) is 7.76. The van der Waals surface area contributed by atoms with E-state index in [1.807, 2.05) is 27.7 Å². The molecule has 22 heavy (non-hydrogen) atoms. The van der Waals surface area contributed by atoms with Crippen molar-refractivity contribution in [2.75, 3.05) is 13.2 Å². The van der Waals surface area contributed by atoms with Gasteiger partial charge in [-0.2, -0.15) is 0 Å². The van der Waals surface area contributed by atoms with Crippen LogP contribution >= 0.6 is 0 Å².